The molecule has 0 spiro atoms. The number of hydrogen-bond acceptors (Lipinski definition) is 3. The monoisotopic (exact) mass is 192 g/mol. The third kappa shape index (κ3) is 1.90. The molecule has 1 aromatic rings. The summed E-state index contributed by atoms with van der Waals surface area (Å²) < 4.78 is 0. The van der Waals surface area contributed by atoms with Crippen molar-refractivity contribution in [2.45, 2.75) is 13.8 Å². The molecule has 0 heterocycles. The van der Waals surface area contributed by atoms with E-state index in [9.17, 15) is 4.79 Å². The highest BCUT2D eigenvalue weighted by Crippen LogP contribution is 2.14. The van der Waals surface area contributed by atoms with E-state index in [0.29, 0.717) is 0 Å². The van der Waals surface area contributed by atoms with Gasteiger partial charge in [0.2, 0.25) is 0 Å². The van der Waals surface area contributed by atoms with E-state index in [1.807, 2.05) is 6.92 Å². The smallest absolute Gasteiger partial charge is 0.335 e. The molecule has 0 unspecified atom stereocenters. The minimum absolute atomic E-state index is 0.283. The lowest BCUT2D eigenvalue weighted by molar-refractivity contribution is 0.0696. The Morgan fingerprint density at radius 1 is 1.43 bits per heavy atom. The molecule has 0 saturated heterocycles. The van der Waals surface area contributed by atoms with Gasteiger partial charge in [-0.15, -0.1) is 0 Å². The second-order valence-electron chi connectivity index (χ2n) is 3.11. The molecule has 0 aromatic heterocycles. The number of aromatic carboxylic acids is 1. The lowest BCUT2D eigenvalue weighted by Crippen LogP contribution is -2.03. The van der Waals surface area contributed by atoms with Crippen molar-refractivity contribution in [3.63, 3.8) is 0 Å². The van der Waals surface area contributed by atoms with Crippen LogP contribution in [0.2, 0.25) is 0 Å². The summed E-state index contributed by atoms with van der Waals surface area (Å²) in [7, 11) is 0. The Balaban J connectivity index is 3.34. The standard InChI is InChI=1S/C10H12N2O2/c1-6-3-7(2)9(10(13)14)4-8(6)5-12-11/h3-5H,11H2,1-2H3,(H,13,14). The fourth-order valence-electron chi connectivity index (χ4n) is 1.32. The van der Waals surface area contributed by atoms with Crippen molar-refractivity contribution in [3.8, 4) is 0 Å². The van der Waals surface area contributed by atoms with Gasteiger partial charge < -0.3 is 10.9 Å². The number of aryl methyl sites for hydroxylation is 2. The molecule has 1 rings (SSSR count). The second kappa shape index (κ2) is 3.91. The SMILES string of the molecule is Cc1cc(C)c(C(=O)O)cc1C=NN. The van der Waals surface area contributed by atoms with Gasteiger partial charge in [-0.2, -0.15) is 5.10 Å². The quantitative estimate of drug-likeness (QED) is 0.421. The van der Waals surface area contributed by atoms with Crippen LogP contribution < -0.4 is 5.84 Å². The molecule has 0 fully saturated rings. The van der Waals surface area contributed by atoms with E-state index in [-0.39, 0.29) is 5.56 Å². The summed E-state index contributed by atoms with van der Waals surface area (Å²) >= 11 is 0. The van der Waals surface area contributed by atoms with Crippen molar-refractivity contribution < 1.29 is 9.90 Å². The number of carboxylic acid groups (broad SMARTS) is 1. The van der Waals surface area contributed by atoms with Crippen molar-refractivity contribution in [1.29, 1.82) is 0 Å². The molecule has 4 heteroatoms. The van der Waals surface area contributed by atoms with E-state index >= 15 is 0 Å². The fourth-order valence-corrected chi connectivity index (χ4v) is 1.32. The Labute approximate surface area is 82.1 Å². The molecular formula is C10H12N2O2. The molecule has 0 atom stereocenters. The van der Waals surface area contributed by atoms with Gasteiger partial charge in [0.15, 0.2) is 0 Å². The number of hydrazone groups is 1. The molecular weight excluding hydrogens is 180 g/mol. The van der Waals surface area contributed by atoms with Gasteiger partial charge in [0, 0.05) is 0 Å². The zero-order valence-corrected chi connectivity index (χ0v) is 8.11. The minimum Gasteiger partial charge on any atom is -0.478 e. The summed E-state index contributed by atoms with van der Waals surface area (Å²) in [6.07, 6.45) is 1.45. The minimum atomic E-state index is -0.936. The molecule has 4 nitrogen and oxygen atoms in total. The zero-order chi connectivity index (χ0) is 10.7. The van der Waals surface area contributed by atoms with Gasteiger partial charge in [-0.25, -0.2) is 4.79 Å². The molecule has 74 valence electrons. The zero-order valence-electron chi connectivity index (χ0n) is 8.11. The summed E-state index contributed by atoms with van der Waals surface area (Å²) in [6, 6.07) is 3.38. The summed E-state index contributed by atoms with van der Waals surface area (Å²) in [5, 5.41) is 12.3. The maximum absolute atomic E-state index is 10.8. The first-order valence-electron chi connectivity index (χ1n) is 4.14. The van der Waals surface area contributed by atoms with Crippen LogP contribution in [0.15, 0.2) is 17.2 Å². The lowest BCUT2D eigenvalue weighted by Gasteiger charge is -2.05. The summed E-state index contributed by atoms with van der Waals surface area (Å²) in [6.45, 7) is 3.65. The molecule has 0 saturated carbocycles. The van der Waals surface area contributed by atoms with Gasteiger partial charge in [0.25, 0.3) is 0 Å². The molecule has 0 radical (unpaired) electrons. The molecule has 1 aromatic carbocycles. The van der Waals surface area contributed by atoms with E-state index in [1.165, 1.54) is 6.21 Å². The van der Waals surface area contributed by atoms with Crippen LogP contribution in [0.3, 0.4) is 0 Å². The Morgan fingerprint density at radius 2 is 2.07 bits per heavy atom. The molecule has 0 aliphatic carbocycles. The molecule has 0 aliphatic rings. The number of hydrogen-bond donors (Lipinski definition) is 2. The van der Waals surface area contributed by atoms with E-state index in [0.717, 1.165) is 16.7 Å². The third-order valence-electron chi connectivity index (χ3n) is 2.06. The van der Waals surface area contributed by atoms with Gasteiger partial charge in [-0.05, 0) is 36.6 Å². The summed E-state index contributed by atoms with van der Waals surface area (Å²) in [5.41, 5.74) is 2.71. The van der Waals surface area contributed by atoms with Crippen molar-refractivity contribution in [2.24, 2.45) is 10.9 Å². The van der Waals surface area contributed by atoms with Crippen LogP contribution >= 0.6 is 0 Å². The Bertz CT molecular complexity index is 397. The van der Waals surface area contributed by atoms with Gasteiger partial charge in [0.05, 0.1) is 11.8 Å². The number of nitrogens with zero attached hydrogens (tertiary/aromatic N) is 1. The van der Waals surface area contributed by atoms with Crippen molar-refractivity contribution in [1.82, 2.24) is 0 Å². The Hall–Kier alpha value is -1.84. The topological polar surface area (TPSA) is 75.7 Å². The lowest BCUT2D eigenvalue weighted by atomic mass is 10.0. The van der Waals surface area contributed by atoms with Crippen LogP contribution in [0, 0.1) is 13.8 Å². The van der Waals surface area contributed by atoms with Crippen LogP contribution in [-0.4, -0.2) is 17.3 Å². The van der Waals surface area contributed by atoms with E-state index in [2.05, 4.69) is 5.10 Å². The largest absolute Gasteiger partial charge is 0.478 e. The highest BCUT2D eigenvalue weighted by atomic mass is 16.4. The maximum Gasteiger partial charge on any atom is 0.335 e. The van der Waals surface area contributed by atoms with Crippen LogP contribution in [0.4, 0.5) is 0 Å². The second-order valence-corrected chi connectivity index (χ2v) is 3.11. The molecule has 0 aliphatic heterocycles. The molecule has 0 bridgehead atoms. The third-order valence-corrected chi connectivity index (χ3v) is 2.06. The highest BCUT2D eigenvalue weighted by Gasteiger charge is 2.09. The van der Waals surface area contributed by atoms with Crippen molar-refractivity contribution in [3.05, 3.63) is 34.4 Å². The fraction of sp³-hybridized carbons (Fsp3) is 0.200. The number of benzene rings is 1. The van der Waals surface area contributed by atoms with E-state index in [1.54, 1.807) is 19.1 Å². The molecule has 3 N–H and O–H groups in total. The Morgan fingerprint density at radius 3 is 2.57 bits per heavy atom. The first kappa shape index (κ1) is 10.2. The van der Waals surface area contributed by atoms with Crippen LogP contribution in [0.1, 0.15) is 27.0 Å². The summed E-state index contributed by atoms with van der Waals surface area (Å²) in [5.74, 6) is 4.08. The van der Waals surface area contributed by atoms with Gasteiger partial charge in [-0.1, -0.05) is 6.07 Å². The maximum atomic E-state index is 10.8. The van der Waals surface area contributed by atoms with Crippen LogP contribution in [0.5, 0.6) is 0 Å². The number of carboxylic acids is 1. The first-order chi connectivity index (χ1) is 6.56. The van der Waals surface area contributed by atoms with Crippen molar-refractivity contribution >= 4 is 12.2 Å². The normalized spacial score (nSPS) is 10.7. The van der Waals surface area contributed by atoms with E-state index in [4.69, 9.17) is 10.9 Å². The Kier molecular flexibility index (Phi) is 2.86. The van der Waals surface area contributed by atoms with Gasteiger partial charge in [0.1, 0.15) is 0 Å². The van der Waals surface area contributed by atoms with Gasteiger partial charge in [-0.3, -0.25) is 0 Å². The number of nitrogens with two attached hydrogens (primary N) is 1. The predicted octanol–water partition coefficient (Wildman–Crippen LogP) is 1.29. The van der Waals surface area contributed by atoms with Crippen molar-refractivity contribution in [2.75, 3.05) is 0 Å². The van der Waals surface area contributed by atoms with Gasteiger partial charge >= 0.3 is 5.97 Å². The average molecular weight is 192 g/mol. The van der Waals surface area contributed by atoms with E-state index < -0.39 is 5.97 Å². The number of rotatable bonds is 2. The van der Waals surface area contributed by atoms with Crippen LogP contribution in [0.25, 0.3) is 0 Å². The predicted molar refractivity (Wildman–Crippen MR) is 54.7 cm³/mol. The molecule has 14 heavy (non-hydrogen) atoms. The molecule has 0 amide bonds. The highest BCUT2D eigenvalue weighted by molar-refractivity contribution is 5.93. The number of carbonyl (C=O) groups is 1. The van der Waals surface area contributed by atoms with Crippen LogP contribution in [-0.2, 0) is 0 Å². The first-order valence-corrected chi connectivity index (χ1v) is 4.14. The average Bonchev–Trinajstić information content (AvgIpc) is 2.09. The summed E-state index contributed by atoms with van der Waals surface area (Å²) in [4.78, 5) is 10.8.